The van der Waals surface area contributed by atoms with Crippen LogP contribution in [0.1, 0.15) is 62.0 Å². The van der Waals surface area contributed by atoms with Crippen molar-refractivity contribution >= 4 is 11.6 Å². The van der Waals surface area contributed by atoms with Crippen molar-refractivity contribution in [1.29, 1.82) is 5.26 Å². The van der Waals surface area contributed by atoms with E-state index in [-0.39, 0.29) is 0 Å². The Morgan fingerprint density at radius 1 is 1.10 bits per heavy atom. The quantitative estimate of drug-likeness (QED) is 0.640. The van der Waals surface area contributed by atoms with E-state index < -0.39 is 0 Å². The molecule has 0 radical (unpaired) electrons. The van der Waals surface area contributed by atoms with Crippen molar-refractivity contribution in [1.82, 2.24) is 0 Å². The molecule has 0 amide bonds. The van der Waals surface area contributed by atoms with Gasteiger partial charge in [-0.25, -0.2) is 0 Å². The molecule has 0 unspecified atom stereocenters. The molecule has 2 heteroatoms. The molecule has 1 aromatic carbocycles. The summed E-state index contributed by atoms with van der Waals surface area (Å²) in [4.78, 5) is 0. The molecule has 0 saturated heterocycles. The third-order valence-corrected chi connectivity index (χ3v) is 4.84. The lowest BCUT2D eigenvalue weighted by atomic mass is 9.77. The fourth-order valence-corrected chi connectivity index (χ4v) is 3.46. The minimum Gasteiger partial charge on any atom is -0.198 e. The molecule has 1 aliphatic carbocycles. The Labute approximate surface area is 128 Å². The van der Waals surface area contributed by atoms with E-state index in [1.807, 2.05) is 0 Å². The molecule has 0 N–H and O–H groups in total. The van der Waals surface area contributed by atoms with Gasteiger partial charge in [0.25, 0.3) is 0 Å². The Hall–Kier alpha value is -1.00. The van der Waals surface area contributed by atoms with Crippen LogP contribution in [0.4, 0.5) is 0 Å². The van der Waals surface area contributed by atoms with Crippen LogP contribution in [0.5, 0.6) is 0 Å². The molecule has 0 aliphatic heterocycles. The number of alkyl halides is 1. The first-order valence-corrected chi connectivity index (χ1v) is 8.38. The smallest absolute Gasteiger partial charge is 0.0625 e. The zero-order chi connectivity index (χ0) is 14.2. The van der Waals surface area contributed by atoms with Crippen LogP contribution in [-0.4, -0.2) is 5.88 Å². The van der Waals surface area contributed by atoms with Gasteiger partial charge in [0.05, 0.1) is 6.07 Å². The summed E-state index contributed by atoms with van der Waals surface area (Å²) in [7, 11) is 0. The minimum atomic E-state index is 0.616. The van der Waals surface area contributed by atoms with Crippen molar-refractivity contribution in [2.45, 2.75) is 57.3 Å². The normalized spacial score (nSPS) is 22.4. The van der Waals surface area contributed by atoms with Crippen LogP contribution < -0.4 is 0 Å². The van der Waals surface area contributed by atoms with E-state index in [2.05, 4.69) is 30.3 Å². The van der Waals surface area contributed by atoms with Crippen LogP contribution in [0, 0.1) is 17.2 Å². The van der Waals surface area contributed by atoms with Gasteiger partial charge in [-0.2, -0.15) is 5.26 Å². The zero-order valence-electron chi connectivity index (χ0n) is 12.2. The van der Waals surface area contributed by atoms with Crippen LogP contribution in [0.3, 0.4) is 0 Å². The molecule has 1 saturated carbocycles. The van der Waals surface area contributed by atoms with Crippen molar-refractivity contribution in [3.05, 3.63) is 35.4 Å². The molecule has 1 nitrogen and oxygen atoms in total. The van der Waals surface area contributed by atoms with Gasteiger partial charge in [-0.15, -0.1) is 11.6 Å². The predicted octanol–water partition coefficient (Wildman–Crippen LogP) is 5.44. The third kappa shape index (κ3) is 4.53. The predicted molar refractivity (Wildman–Crippen MR) is 85.0 cm³/mol. The summed E-state index contributed by atoms with van der Waals surface area (Å²) in [6.07, 6.45) is 9.34. The summed E-state index contributed by atoms with van der Waals surface area (Å²) in [5.41, 5.74) is 2.77. The van der Waals surface area contributed by atoms with Crippen molar-refractivity contribution in [2.75, 3.05) is 5.88 Å². The molecule has 1 aromatic rings. The van der Waals surface area contributed by atoms with Crippen molar-refractivity contribution in [3.8, 4) is 6.07 Å². The number of hydrogen-bond donors (Lipinski definition) is 0. The molecule has 0 atom stereocenters. The topological polar surface area (TPSA) is 23.8 Å². The van der Waals surface area contributed by atoms with E-state index in [9.17, 15) is 0 Å². The number of nitriles is 1. The average molecular weight is 290 g/mol. The highest BCUT2D eigenvalue weighted by Gasteiger charge is 2.21. The second-order valence-corrected chi connectivity index (χ2v) is 6.33. The SMILES string of the molecule is N#CCCc1ccc(C2CCC(CCCCl)CC2)cc1. The summed E-state index contributed by atoms with van der Waals surface area (Å²) in [6.45, 7) is 0. The third-order valence-electron chi connectivity index (χ3n) is 4.57. The maximum absolute atomic E-state index is 8.61. The van der Waals surface area contributed by atoms with Crippen LogP contribution in [0.25, 0.3) is 0 Å². The Morgan fingerprint density at radius 2 is 1.80 bits per heavy atom. The van der Waals surface area contributed by atoms with Crippen molar-refractivity contribution in [2.24, 2.45) is 5.92 Å². The van der Waals surface area contributed by atoms with E-state index in [0.717, 1.165) is 24.1 Å². The number of benzene rings is 1. The first-order valence-electron chi connectivity index (χ1n) is 7.85. The lowest BCUT2D eigenvalue weighted by molar-refractivity contribution is 0.308. The number of aryl methyl sites for hydroxylation is 1. The summed E-state index contributed by atoms with van der Waals surface area (Å²) in [5, 5.41) is 8.61. The lowest BCUT2D eigenvalue weighted by Crippen LogP contribution is -2.13. The van der Waals surface area contributed by atoms with Gasteiger partial charge in [0.1, 0.15) is 0 Å². The monoisotopic (exact) mass is 289 g/mol. The molecule has 0 spiro atoms. The fourth-order valence-electron chi connectivity index (χ4n) is 3.31. The number of nitrogens with zero attached hydrogens (tertiary/aromatic N) is 1. The Kier molecular flexibility index (Phi) is 6.40. The van der Waals surface area contributed by atoms with Crippen molar-refractivity contribution in [3.63, 3.8) is 0 Å². The van der Waals surface area contributed by atoms with Gasteiger partial charge >= 0.3 is 0 Å². The number of hydrogen-bond acceptors (Lipinski definition) is 1. The van der Waals surface area contributed by atoms with E-state index in [1.54, 1.807) is 0 Å². The molecule has 0 aromatic heterocycles. The molecular weight excluding hydrogens is 266 g/mol. The molecule has 1 fully saturated rings. The second-order valence-electron chi connectivity index (χ2n) is 5.95. The van der Waals surface area contributed by atoms with E-state index in [0.29, 0.717) is 6.42 Å². The molecule has 0 bridgehead atoms. The van der Waals surface area contributed by atoms with Gasteiger partial charge in [0.15, 0.2) is 0 Å². The maximum atomic E-state index is 8.61. The Morgan fingerprint density at radius 3 is 2.40 bits per heavy atom. The molecule has 2 rings (SSSR count). The Bertz CT molecular complexity index is 424. The largest absolute Gasteiger partial charge is 0.198 e. The molecule has 0 heterocycles. The second kappa shape index (κ2) is 8.32. The summed E-state index contributed by atoms with van der Waals surface area (Å²) in [6, 6.07) is 11.2. The highest BCUT2D eigenvalue weighted by molar-refractivity contribution is 6.17. The molecule has 1 aliphatic rings. The first kappa shape index (κ1) is 15.4. The Balaban J connectivity index is 1.83. The molecular formula is C18H24ClN. The molecule has 20 heavy (non-hydrogen) atoms. The highest BCUT2D eigenvalue weighted by Crippen LogP contribution is 2.37. The van der Waals surface area contributed by atoms with Crippen LogP contribution in [0.15, 0.2) is 24.3 Å². The summed E-state index contributed by atoms with van der Waals surface area (Å²) < 4.78 is 0. The highest BCUT2D eigenvalue weighted by atomic mass is 35.5. The van der Waals surface area contributed by atoms with E-state index in [4.69, 9.17) is 16.9 Å². The molecule has 108 valence electrons. The zero-order valence-corrected chi connectivity index (χ0v) is 12.9. The van der Waals surface area contributed by atoms with E-state index in [1.165, 1.54) is 49.7 Å². The lowest BCUT2D eigenvalue weighted by Gasteiger charge is -2.28. The summed E-state index contributed by atoms with van der Waals surface area (Å²) >= 11 is 5.78. The van der Waals surface area contributed by atoms with Gasteiger partial charge < -0.3 is 0 Å². The van der Waals surface area contributed by atoms with Crippen LogP contribution in [0.2, 0.25) is 0 Å². The van der Waals surface area contributed by atoms with Gasteiger partial charge in [-0.3, -0.25) is 0 Å². The number of rotatable bonds is 6. The van der Waals surface area contributed by atoms with Crippen LogP contribution >= 0.6 is 11.6 Å². The van der Waals surface area contributed by atoms with Gasteiger partial charge in [-0.1, -0.05) is 24.3 Å². The van der Waals surface area contributed by atoms with Crippen molar-refractivity contribution < 1.29 is 0 Å². The number of halogens is 1. The van der Waals surface area contributed by atoms with Gasteiger partial charge in [0.2, 0.25) is 0 Å². The van der Waals surface area contributed by atoms with Crippen LogP contribution in [-0.2, 0) is 6.42 Å². The minimum absolute atomic E-state index is 0.616. The average Bonchev–Trinajstić information content (AvgIpc) is 2.52. The van der Waals surface area contributed by atoms with Gasteiger partial charge in [0, 0.05) is 12.3 Å². The standard InChI is InChI=1S/C18H24ClN/c19-13-1-3-15-5-9-17(10-6-15)18-11-7-16(8-12-18)4-2-14-20/h7-8,11-12,15,17H,1-6,9-10,13H2. The maximum Gasteiger partial charge on any atom is 0.0625 e. The summed E-state index contributed by atoms with van der Waals surface area (Å²) in [5.74, 6) is 2.46. The van der Waals surface area contributed by atoms with E-state index >= 15 is 0 Å². The first-order chi connectivity index (χ1) is 9.83. The fraction of sp³-hybridized carbons (Fsp3) is 0.611. The van der Waals surface area contributed by atoms with Gasteiger partial charge in [-0.05, 0) is 67.9 Å².